The van der Waals surface area contributed by atoms with Gasteiger partial charge in [0, 0.05) is 47.6 Å². The van der Waals surface area contributed by atoms with Crippen molar-refractivity contribution >= 4 is 80.9 Å². The standard InChI is InChI=1S/C45H31NS/c1-45(2)37-16-7-5-14-36(37)43-38(45)17-10-19-40(43)46(31-24-21-28-11-3-4-12-30(28)27-31)39-18-9-15-34-32(39)25-22-29-23-26-35-33-13-6-8-20-41(33)47-44(35)42(29)34/h3-27H,1-2H3. The van der Waals surface area contributed by atoms with Crippen LogP contribution in [0.2, 0.25) is 0 Å². The number of anilines is 3. The van der Waals surface area contributed by atoms with Crippen molar-refractivity contribution in [2.75, 3.05) is 4.90 Å². The number of rotatable bonds is 3. The molecule has 1 aliphatic rings. The zero-order valence-electron chi connectivity index (χ0n) is 26.3. The van der Waals surface area contributed by atoms with E-state index in [0.717, 1.165) is 5.69 Å². The van der Waals surface area contributed by atoms with Gasteiger partial charge in [-0.15, -0.1) is 11.3 Å². The van der Waals surface area contributed by atoms with E-state index in [4.69, 9.17) is 0 Å². The molecule has 1 heterocycles. The number of hydrogen-bond donors (Lipinski definition) is 0. The van der Waals surface area contributed by atoms with E-state index in [-0.39, 0.29) is 5.41 Å². The lowest BCUT2D eigenvalue weighted by Gasteiger charge is -2.30. The van der Waals surface area contributed by atoms with Gasteiger partial charge < -0.3 is 4.90 Å². The molecule has 0 atom stereocenters. The predicted octanol–water partition coefficient (Wildman–Crippen LogP) is 13.3. The average Bonchev–Trinajstić information content (AvgIpc) is 3.61. The van der Waals surface area contributed by atoms with Gasteiger partial charge >= 0.3 is 0 Å². The maximum atomic E-state index is 2.52. The molecule has 0 amide bonds. The monoisotopic (exact) mass is 617 g/mol. The van der Waals surface area contributed by atoms with Gasteiger partial charge in [0.05, 0.1) is 11.4 Å². The highest BCUT2D eigenvalue weighted by Gasteiger charge is 2.37. The Hall–Kier alpha value is -5.44. The third kappa shape index (κ3) is 3.77. The Morgan fingerprint density at radius 3 is 2.09 bits per heavy atom. The summed E-state index contributed by atoms with van der Waals surface area (Å²) in [6.45, 7) is 4.73. The fourth-order valence-electron chi connectivity index (χ4n) is 8.18. The van der Waals surface area contributed by atoms with E-state index in [0.29, 0.717) is 0 Å². The second kappa shape index (κ2) is 9.78. The molecular formula is C45H31NS. The predicted molar refractivity (Wildman–Crippen MR) is 204 cm³/mol. The second-order valence-electron chi connectivity index (χ2n) is 13.3. The van der Waals surface area contributed by atoms with Gasteiger partial charge in [0.25, 0.3) is 0 Å². The van der Waals surface area contributed by atoms with Crippen LogP contribution in [0.25, 0.3) is 63.6 Å². The van der Waals surface area contributed by atoms with Crippen molar-refractivity contribution in [3.05, 3.63) is 163 Å². The van der Waals surface area contributed by atoms with Crippen molar-refractivity contribution in [3.63, 3.8) is 0 Å². The van der Waals surface area contributed by atoms with E-state index < -0.39 is 0 Å². The van der Waals surface area contributed by atoms with Gasteiger partial charge in [-0.1, -0.05) is 135 Å². The number of nitrogens with zero attached hydrogens (tertiary/aromatic N) is 1. The van der Waals surface area contributed by atoms with Crippen molar-refractivity contribution in [2.24, 2.45) is 0 Å². The number of fused-ring (bicyclic) bond motifs is 11. The summed E-state index contributed by atoms with van der Waals surface area (Å²) in [6, 6.07) is 56.4. The zero-order chi connectivity index (χ0) is 31.3. The van der Waals surface area contributed by atoms with Crippen LogP contribution in [0.15, 0.2) is 152 Å². The van der Waals surface area contributed by atoms with Crippen LogP contribution >= 0.6 is 11.3 Å². The minimum atomic E-state index is -0.0846. The molecule has 0 N–H and O–H groups in total. The molecule has 0 saturated carbocycles. The Bertz CT molecular complexity index is 2730. The van der Waals surface area contributed by atoms with Crippen molar-refractivity contribution in [2.45, 2.75) is 19.3 Å². The normalized spacial score (nSPS) is 13.5. The van der Waals surface area contributed by atoms with Crippen LogP contribution in [-0.4, -0.2) is 0 Å². The van der Waals surface area contributed by atoms with Crippen LogP contribution in [-0.2, 0) is 5.41 Å². The fraction of sp³-hybridized carbons (Fsp3) is 0.0667. The third-order valence-electron chi connectivity index (χ3n) is 10.4. The molecule has 0 spiro atoms. The van der Waals surface area contributed by atoms with Crippen LogP contribution in [0.3, 0.4) is 0 Å². The summed E-state index contributed by atoms with van der Waals surface area (Å²) >= 11 is 1.91. The summed E-state index contributed by atoms with van der Waals surface area (Å²) in [5.41, 5.74) is 8.89. The van der Waals surface area contributed by atoms with E-state index in [2.05, 4.69) is 170 Å². The highest BCUT2D eigenvalue weighted by molar-refractivity contribution is 7.26. The van der Waals surface area contributed by atoms with Gasteiger partial charge in [-0.05, 0) is 68.6 Å². The van der Waals surface area contributed by atoms with Gasteiger partial charge in [0.1, 0.15) is 0 Å². The lowest BCUT2D eigenvalue weighted by atomic mass is 9.82. The second-order valence-corrected chi connectivity index (χ2v) is 14.4. The lowest BCUT2D eigenvalue weighted by Crippen LogP contribution is -2.16. The summed E-state index contributed by atoms with van der Waals surface area (Å²) < 4.78 is 2.70. The minimum Gasteiger partial charge on any atom is -0.309 e. The molecule has 1 nitrogen and oxygen atoms in total. The van der Waals surface area contributed by atoms with E-state index in [1.54, 1.807) is 0 Å². The number of thiophene rings is 1. The summed E-state index contributed by atoms with van der Waals surface area (Å²) in [5, 5.41) is 10.3. The molecule has 9 aromatic rings. The topological polar surface area (TPSA) is 3.24 Å². The molecule has 47 heavy (non-hydrogen) atoms. The van der Waals surface area contributed by atoms with E-state index in [1.165, 1.54) is 86.1 Å². The molecule has 1 aliphatic carbocycles. The highest BCUT2D eigenvalue weighted by atomic mass is 32.1. The average molecular weight is 618 g/mol. The van der Waals surface area contributed by atoms with E-state index >= 15 is 0 Å². The Kier molecular flexibility index (Phi) is 5.57. The molecule has 0 fully saturated rings. The quantitative estimate of drug-likeness (QED) is 0.178. The molecule has 222 valence electrons. The molecule has 0 radical (unpaired) electrons. The first-order chi connectivity index (χ1) is 23.1. The molecule has 2 heteroatoms. The number of benzene rings is 8. The van der Waals surface area contributed by atoms with Crippen LogP contribution in [0, 0.1) is 0 Å². The maximum Gasteiger partial charge on any atom is 0.0543 e. The van der Waals surface area contributed by atoms with E-state index in [1.807, 2.05) is 11.3 Å². The fourth-order valence-corrected chi connectivity index (χ4v) is 9.45. The summed E-state index contributed by atoms with van der Waals surface area (Å²) in [7, 11) is 0. The van der Waals surface area contributed by atoms with Crippen LogP contribution in [0.5, 0.6) is 0 Å². The highest BCUT2D eigenvalue weighted by Crippen LogP contribution is 2.55. The summed E-state index contributed by atoms with van der Waals surface area (Å²) in [5.74, 6) is 0. The molecule has 8 aromatic carbocycles. The molecular weight excluding hydrogens is 587 g/mol. The first kappa shape index (κ1) is 26.7. The molecule has 1 aromatic heterocycles. The maximum absolute atomic E-state index is 2.52. The molecule has 0 saturated heterocycles. The van der Waals surface area contributed by atoms with Gasteiger partial charge in [-0.3, -0.25) is 0 Å². The molecule has 10 rings (SSSR count). The van der Waals surface area contributed by atoms with E-state index in [9.17, 15) is 0 Å². The Balaban J connectivity index is 1.31. The van der Waals surface area contributed by atoms with Gasteiger partial charge in [0.2, 0.25) is 0 Å². The van der Waals surface area contributed by atoms with Gasteiger partial charge in [-0.2, -0.15) is 0 Å². The van der Waals surface area contributed by atoms with Crippen molar-refractivity contribution < 1.29 is 0 Å². The third-order valence-corrected chi connectivity index (χ3v) is 11.6. The Morgan fingerprint density at radius 2 is 1.17 bits per heavy atom. The Morgan fingerprint density at radius 1 is 0.489 bits per heavy atom. The molecule has 0 unspecified atom stereocenters. The van der Waals surface area contributed by atoms with Crippen molar-refractivity contribution in [1.82, 2.24) is 0 Å². The van der Waals surface area contributed by atoms with Crippen molar-refractivity contribution in [1.29, 1.82) is 0 Å². The smallest absolute Gasteiger partial charge is 0.0543 e. The largest absolute Gasteiger partial charge is 0.309 e. The minimum absolute atomic E-state index is 0.0846. The van der Waals surface area contributed by atoms with Crippen LogP contribution in [0.1, 0.15) is 25.0 Å². The molecule has 0 aliphatic heterocycles. The van der Waals surface area contributed by atoms with Gasteiger partial charge in [0.15, 0.2) is 0 Å². The Labute approximate surface area is 278 Å². The SMILES string of the molecule is CC1(C)c2ccccc2-c2c(N(c3ccc4ccccc4c3)c3cccc4c3ccc3ccc5c6ccccc6sc5c34)cccc21. The lowest BCUT2D eigenvalue weighted by molar-refractivity contribution is 0.660. The first-order valence-corrected chi connectivity index (χ1v) is 17.2. The van der Waals surface area contributed by atoms with Crippen molar-refractivity contribution in [3.8, 4) is 11.1 Å². The van der Waals surface area contributed by atoms with Crippen LogP contribution < -0.4 is 4.90 Å². The first-order valence-electron chi connectivity index (χ1n) is 16.4. The van der Waals surface area contributed by atoms with Gasteiger partial charge in [-0.25, -0.2) is 0 Å². The zero-order valence-corrected chi connectivity index (χ0v) is 27.1. The number of hydrogen-bond acceptors (Lipinski definition) is 2. The molecule has 0 bridgehead atoms. The summed E-state index contributed by atoms with van der Waals surface area (Å²) in [4.78, 5) is 2.52. The van der Waals surface area contributed by atoms with Crippen LogP contribution in [0.4, 0.5) is 17.1 Å². The summed E-state index contributed by atoms with van der Waals surface area (Å²) in [6.07, 6.45) is 0.